The third kappa shape index (κ3) is 2.76. The minimum atomic E-state index is -0.420. The number of nitrogens with zero attached hydrogens (tertiary/aromatic N) is 2. The number of Topliss-reactive ketones (excluding diaryl/α,β-unsaturated/α-hetero) is 1. The van der Waals surface area contributed by atoms with Gasteiger partial charge in [0.25, 0.3) is 0 Å². The summed E-state index contributed by atoms with van der Waals surface area (Å²) in [6, 6.07) is 12.0. The summed E-state index contributed by atoms with van der Waals surface area (Å²) in [6.45, 7) is 1.28. The fourth-order valence-electron chi connectivity index (χ4n) is 3.10. The number of carbonyl (C=O) groups excluding carboxylic acids is 1. The maximum Gasteiger partial charge on any atom is 0.149 e. The highest BCUT2D eigenvalue weighted by Crippen LogP contribution is 2.36. The summed E-state index contributed by atoms with van der Waals surface area (Å²) in [6.07, 6.45) is 3.77. The first-order valence-electron chi connectivity index (χ1n) is 7.36. The predicted molar refractivity (Wildman–Crippen MR) is 80.1 cm³/mol. The molecule has 2 heterocycles. The van der Waals surface area contributed by atoms with E-state index < -0.39 is 5.41 Å². The van der Waals surface area contributed by atoms with Gasteiger partial charge in [-0.3, -0.25) is 9.48 Å². The molecule has 3 rings (SSSR count). The van der Waals surface area contributed by atoms with Gasteiger partial charge in [-0.05, 0) is 24.5 Å². The summed E-state index contributed by atoms with van der Waals surface area (Å²) in [5, 5.41) is 4.33. The van der Waals surface area contributed by atoms with Crippen molar-refractivity contribution in [2.45, 2.75) is 24.7 Å². The van der Waals surface area contributed by atoms with E-state index >= 15 is 0 Å². The molecule has 0 bridgehead atoms. The molecule has 0 aliphatic carbocycles. The van der Waals surface area contributed by atoms with Crippen LogP contribution < -0.4 is 0 Å². The topological polar surface area (TPSA) is 44.1 Å². The van der Waals surface area contributed by atoms with Crippen LogP contribution in [0.3, 0.4) is 0 Å². The molecular weight excluding hydrogens is 264 g/mol. The fraction of sp³-hybridized carbons (Fsp3) is 0.412. The van der Waals surface area contributed by atoms with Gasteiger partial charge >= 0.3 is 0 Å². The molecule has 0 unspecified atom stereocenters. The van der Waals surface area contributed by atoms with Crippen molar-refractivity contribution in [3.05, 3.63) is 53.9 Å². The lowest BCUT2D eigenvalue weighted by atomic mass is 9.70. The molecule has 1 fully saturated rings. The maximum absolute atomic E-state index is 13.0. The van der Waals surface area contributed by atoms with E-state index in [1.165, 1.54) is 0 Å². The number of carbonyl (C=O) groups is 1. The van der Waals surface area contributed by atoms with Gasteiger partial charge < -0.3 is 4.74 Å². The molecule has 0 N–H and O–H groups in total. The molecule has 0 radical (unpaired) electrons. The zero-order valence-corrected chi connectivity index (χ0v) is 12.3. The van der Waals surface area contributed by atoms with Crippen molar-refractivity contribution in [2.75, 3.05) is 13.2 Å². The highest BCUT2D eigenvalue weighted by Gasteiger charge is 2.41. The van der Waals surface area contributed by atoms with Crippen LogP contribution in [0.25, 0.3) is 0 Å². The van der Waals surface area contributed by atoms with E-state index in [1.807, 2.05) is 37.5 Å². The van der Waals surface area contributed by atoms with E-state index in [2.05, 4.69) is 17.2 Å². The molecule has 110 valence electrons. The van der Waals surface area contributed by atoms with Crippen molar-refractivity contribution in [3.63, 3.8) is 0 Å². The Kier molecular flexibility index (Phi) is 3.88. The van der Waals surface area contributed by atoms with E-state index in [4.69, 9.17) is 4.74 Å². The van der Waals surface area contributed by atoms with Crippen molar-refractivity contribution in [1.82, 2.24) is 9.78 Å². The highest BCUT2D eigenvalue weighted by molar-refractivity contribution is 5.91. The van der Waals surface area contributed by atoms with Crippen molar-refractivity contribution < 1.29 is 9.53 Å². The van der Waals surface area contributed by atoms with Crippen molar-refractivity contribution >= 4 is 5.78 Å². The molecule has 0 saturated carbocycles. The van der Waals surface area contributed by atoms with Gasteiger partial charge in [-0.25, -0.2) is 0 Å². The van der Waals surface area contributed by atoms with Gasteiger partial charge in [0.1, 0.15) is 5.78 Å². The standard InChI is InChI=1S/C17H20N2O2/c1-19-10-7-15(18-19)13-16(20)17(8-11-21-12-9-17)14-5-3-2-4-6-14/h2-7,10H,8-9,11-13H2,1H3. The maximum atomic E-state index is 13.0. The summed E-state index contributed by atoms with van der Waals surface area (Å²) >= 11 is 0. The predicted octanol–water partition coefficient (Wildman–Crippen LogP) is 2.28. The van der Waals surface area contributed by atoms with Gasteiger partial charge in [-0.1, -0.05) is 30.3 Å². The van der Waals surface area contributed by atoms with Crippen LogP contribution in [0.15, 0.2) is 42.6 Å². The lowest BCUT2D eigenvalue weighted by molar-refractivity contribution is -0.127. The largest absolute Gasteiger partial charge is 0.381 e. The smallest absolute Gasteiger partial charge is 0.149 e. The van der Waals surface area contributed by atoms with Gasteiger partial charge in [-0.15, -0.1) is 0 Å². The average Bonchev–Trinajstić information content (AvgIpc) is 2.94. The summed E-state index contributed by atoms with van der Waals surface area (Å²) in [4.78, 5) is 13.0. The molecule has 1 aliphatic rings. The Hall–Kier alpha value is -1.94. The Labute approximate surface area is 124 Å². The summed E-state index contributed by atoms with van der Waals surface area (Å²) in [7, 11) is 1.87. The molecule has 0 amide bonds. The van der Waals surface area contributed by atoms with Crippen LogP contribution in [0.2, 0.25) is 0 Å². The van der Waals surface area contributed by atoms with E-state index in [0.717, 1.165) is 24.1 Å². The summed E-state index contributed by atoms with van der Waals surface area (Å²) < 4.78 is 7.22. The molecule has 21 heavy (non-hydrogen) atoms. The molecule has 0 spiro atoms. The Morgan fingerprint density at radius 1 is 1.24 bits per heavy atom. The van der Waals surface area contributed by atoms with Crippen LogP contribution in [0.4, 0.5) is 0 Å². The SMILES string of the molecule is Cn1ccc(CC(=O)C2(c3ccccc3)CCOCC2)n1. The monoisotopic (exact) mass is 284 g/mol. The number of ketones is 1. The zero-order chi connectivity index (χ0) is 14.7. The molecule has 1 aromatic carbocycles. The number of aromatic nitrogens is 2. The van der Waals surface area contributed by atoms with Gasteiger partial charge in [0.2, 0.25) is 0 Å². The van der Waals surface area contributed by atoms with E-state index in [1.54, 1.807) is 4.68 Å². The average molecular weight is 284 g/mol. The normalized spacial score (nSPS) is 17.6. The lowest BCUT2D eigenvalue weighted by Gasteiger charge is -2.36. The third-order valence-electron chi connectivity index (χ3n) is 4.32. The first-order valence-corrected chi connectivity index (χ1v) is 7.36. The van der Waals surface area contributed by atoms with Crippen molar-refractivity contribution in [3.8, 4) is 0 Å². The van der Waals surface area contributed by atoms with Gasteiger partial charge in [0.05, 0.1) is 17.5 Å². The number of aryl methyl sites for hydroxylation is 1. The summed E-state index contributed by atoms with van der Waals surface area (Å²) in [5.41, 5.74) is 1.52. The van der Waals surface area contributed by atoms with Crippen molar-refractivity contribution in [2.24, 2.45) is 7.05 Å². The first kappa shape index (κ1) is 14.0. The minimum absolute atomic E-state index is 0.246. The summed E-state index contributed by atoms with van der Waals surface area (Å²) in [5.74, 6) is 0.246. The number of hydrogen-bond acceptors (Lipinski definition) is 3. The van der Waals surface area contributed by atoms with E-state index in [0.29, 0.717) is 19.6 Å². The van der Waals surface area contributed by atoms with Gasteiger partial charge in [-0.2, -0.15) is 5.10 Å². The molecule has 2 aromatic rings. The van der Waals surface area contributed by atoms with Crippen LogP contribution in [-0.4, -0.2) is 28.8 Å². The second-order valence-corrected chi connectivity index (χ2v) is 5.64. The Morgan fingerprint density at radius 3 is 2.57 bits per heavy atom. The Balaban J connectivity index is 1.90. The van der Waals surface area contributed by atoms with Crippen LogP contribution >= 0.6 is 0 Å². The Bertz CT molecular complexity index is 613. The Morgan fingerprint density at radius 2 is 1.95 bits per heavy atom. The molecule has 1 aromatic heterocycles. The van der Waals surface area contributed by atoms with E-state index in [-0.39, 0.29) is 5.78 Å². The van der Waals surface area contributed by atoms with Crippen molar-refractivity contribution in [1.29, 1.82) is 0 Å². The quantitative estimate of drug-likeness (QED) is 0.865. The van der Waals surface area contributed by atoms with Crippen LogP contribution in [0.1, 0.15) is 24.1 Å². The fourth-order valence-corrected chi connectivity index (χ4v) is 3.10. The van der Waals surface area contributed by atoms with Crippen LogP contribution in [0.5, 0.6) is 0 Å². The second kappa shape index (κ2) is 5.82. The van der Waals surface area contributed by atoms with Crippen LogP contribution in [0, 0.1) is 0 Å². The molecule has 0 atom stereocenters. The molecule has 4 nitrogen and oxygen atoms in total. The number of hydrogen-bond donors (Lipinski definition) is 0. The van der Waals surface area contributed by atoms with E-state index in [9.17, 15) is 4.79 Å². The molecule has 1 saturated heterocycles. The number of benzene rings is 1. The first-order chi connectivity index (χ1) is 10.2. The molecule has 1 aliphatic heterocycles. The number of ether oxygens (including phenoxy) is 1. The molecule has 4 heteroatoms. The second-order valence-electron chi connectivity index (χ2n) is 5.64. The third-order valence-corrected chi connectivity index (χ3v) is 4.32. The van der Waals surface area contributed by atoms with Gasteiger partial charge in [0.15, 0.2) is 0 Å². The molecular formula is C17H20N2O2. The van der Waals surface area contributed by atoms with Crippen LogP contribution in [-0.2, 0) is 28.4 Å². The van der Waals surface area contributed by atoms with Gasteiger partial charge in [0, 0.05) is 26.5 Å². The minimum Gasteiger partial charge on any atom is -0.381 e. The lowest BCUT2D eigenvalue weighted by Crippen LogP contribution is -2.42. The highest BCUT2D eigenvalue weighted by atomic mass is 16.5. The zero-order valence-electron chi connectivity index (χ0n) is 12.3. The number of rotatable bonds is 4.